The molecule has 2 aliphatic rings. The SMILES string of the molecule is CCCS(=O)(=O)N1CCN(CCN2C(=O)CSC2c2ccc(C(C)(C)C)cc2)CC1. The van der Waals surface area contributed by atoms with Crippen LogP contribution >= 0.6 is 11.8 Å². The van der Waals surface area contributed by atoms with Gasteiger partial charge in [0.25, 0.3) is 0 Å². The molecule has 1 unspecified atom stereocenters. The molecular weight excluding hydrogens is 418 g/mol. The molecule has 0 aliphatic carbocycles. The Bertz CT molecular complexity index is 826. The molecule has 0 aromatic heterocycles. The van der Waals surface area contributed by atoms with Crippen LogP contribution in [0.5, 0.6) is 0 Å². The maximum absolute atomic E-state index is 12.5. The number of hydrogen-bond acceptors (Lipinski definition) is 5. The molecule has 1 aromatic carbocycles. The Hall–Kier alpha value is -1.09. The molecule has 30 heavy (non-hydrogen) atoms. The van der Waals surface area contributed by atoms with Crippen molar-refractivity contribution in [3.8, 4) is 0 Å². The van der Waals surface area contributed by atoms with Gasteiger partial charge in [-0.15, -0.1) is 11.8 Å². The van der Waals surface area contributed by atoms with E-state index in [4.69, 9.17) is 0 Å². The first kappa shape index (κ1) is 23.6. The van der Waals surface area contributed by atoms with Gasteiger partial charge in [-0.3, -0.25) is 9.69 Å². The zero-order valence-corrected chi connectivity index (χ0v) is 20.3. The molecule has 2 fully saturated rings. The Labute approximate surface area is 186 Å². The van der Waals surface area contributed by atoms with Crippen LogP contribution in [0.1, 0.15) is 50.6 Å². The number of carbonyl (C=O) groups excluding carboxylic acids is 1. The van der Waals surface area contributed by atoms with Crippen molar-refractivity contribution in [2.24, 2.45) is 0 Å². The summed E-state index contributed by atoms with van der Waals surface area (Å²) in [5, 5.41) is 0.0674. The van der Waals surface area contributed by atoms with Crippen molar-refractivity contribution in [2.45, 2.75) is 44.9 Å². The molecule has 8 heteroatoms. The third kappa shape index (κ3) is 5.58. The van der Waals surface area contributed by atoms with Gasteiger partial charge in [-0.05, 0) is 23.0 Å². The topological polar surface area (TPSA) is 60.9 Å². The highest BCUT2D eigenvalue weighted by Crippen LogP contribution is 2.39. The predicted octanol–water partition coefficient (Wildman–Crippen LogP) is 2.92. The molecule has 3 rings (SSSR count). The summed E-state index contributed by atoms with van der Waals surface area (Å²) in [6.07, 6.45) is 0.648. The molecule has 0 saturated carbocycles. The fourth-order valence-corrected chi connectivity index (χ4v) is 6.70. The third-order valence-corrected chi connectivity index (χ3v) is 9.21. The van der Waals surface area contributed by atoms with E-state index in [9.17, 15) is 13.2 Å². The van der Waals surface area contributed by atoms with Gasteiger partial charge in [0.15, 0.2) is 0 Å². The normalized spacial score (nSPS) is 22.1. The van der Waals surface area contributed by atoms with E-state index in [0.29, 0.717) is 31.8 Å². The zero-order chi connectivity index (χ0) is 21.9. The standard InChI is InChI=1S/C22H35N3O3S2/c1-5-16-30(27,28)24-13-10-23(11-14-24)12-15-25-20(26)17-29-21(25)18-6-8-19(9-7-18)22(2,3)4/h6-9,21H,5,10-17H2,1-4H3. The third-order valence-electron chi connectivity index (χ3n) is 5.87. The van der Waals surface area contributed by atoms with E-state index >= 15 is 0 Å². The predicted molar refractivity (Wildman–Crippen MR) is 124 cm³/mol. The lowest BCUT2D eigenvalue weighted by Gasteiger charge is -2.35. The number of benzene rings is 1. The van der Waals surface area contributed by atoms with Crippen LogP contribution in [-0.2, 0) is 20.2 Å². The lowest BCUT2D eigenvalue weighted by atomic mass is 9.87. The first-order valence-electron chi connectivity index (χ1n) is 10.8. The van der Waals surface area contributed by atoms with Gasteiger partial charge in [-0.25, -0.2) is 8.42 Å². The van der Waals surface area contributed by atoms with Crippen LogP contribution < -0.4 is 0 Å². The molecule has 2 heterocycles. The molecule has 2 saturated heterocycles. The van der Waals surface area contributed by atoms with Crippen molar-refractivity contribution in [1.29, 1.82) is 0 Å². The second-order valence-corrected chi connectivity index (χ2v) is 12.3. The first-order valence-corrected chi connectivity index (χ1v) is 13.5. The quantitative estimate of drug-likeness (QED) is 0.635. The average Bonchev–Trinajstić information content (AvgIpc) is 3.06. The molecule has 2 aliphatic heterocycles. The maximum Gasteiger partial charge on any atom is 0.233 e. The number of piperazine rings is 1. The van der Waals surface area contributed by atoms with Gasteiger partial charge in [0.2, 0.25) is 15.9 Å². The van der Waals surface area contributed by atoms with Crippen molar-refractivity contribution in [2.75, 3.05) is 50.8 Å². The molecule has 0 N–H and O–H groups in total. The molecular formula is C22H35N3O3S2. The molecule has 1 atom stereocenters. The molecule has 0 spiro atoms. The van der Waals surface area contributed by atoms with Gasteiger partial charge < -0.3 is 4.90 Å². The van der Waals surface area contributed by atoms with Crippen LogP contribution in [0.2, 0.25) is 0 Å². The highest BCUT2D eigenvalue weighted by atomic mass is 32.2. The lowest BCUT2D eigenvalue weighted by molar-refractivity contribution is -0.128. The fraction of sp³-hybridized carbons (Fsp3) is 0.682. The van der Waals surface area contributed by atoms with Crippen LogP contribution in [0.4, 0.5) is 0 Å². The average molecular weight is 454 g/mol. The number of thioether (sulfide) groups is 1. The van der Waals surface area contributed by atoms with Gasteiger partial charge in [0, 0.05) is 39.3 Å². The number of amides is 1. The number of sulfonamides is 1. The van der Waals surface area contributed by atoms with Crippen molar-refractivity contribution in [1.82, 2.24) is 14.1 Å². The molecule has 1 aromatic rings. The summed E-state index contributed by atoms with van der Waals surface area (Å²) >= 11 is 1.69. The monoisotopic (exact) mass is 453 g/mol. The van der Waals surface area contributed by atoms with Crippen LogP contribution in [0, 0.1) is 0 Å². The minimum Gasteiger partial charge on any atom is -0.325 e. The summed E-state index contributed by atoms with van der Waals surface area (Å²) in [5.41, 5.74) is 2.58. The largest absolute Gasteiger partial charge is 0.325 e. The second-order valence-electron chi connectivity index (χ2n) is 9.18. The molecule has 0 bridgehead atoms. The summed E-state index contributed by atoms with van der Waals surface area (Å²) in [6.45, 7) is 12.5. The Kier molecular flexibility index (Phi) is 7.53. The highest BCUT2D eigenvalue weighted by molar-refractivity contribution is 8.00. The molecule has 168 valence electrons. The maximum atomic E-state index is 12.5. The summed E-state index contributed by atoms with van der Waals surface area (Å²) in [4.78, 5) is 16.8. The van der Waals surface area contributed by atoms with Gasteiger partial charge in [-0.2, -0.15) is 4.31 Å². The van der Waals surface area contributed by atoms with Crippen LogP contribution in [0.25, 0.3) is 0 Å². The minimum absolute atomic E-state index is 0.0674. The minimum atomic E-state index is -3.12. The molecule has 0 radical (unpaired) electrons. The Morgan fingerprint density at radius 3 is 2.23 bits per heavy atom. The van der Waals surface area contributed by atoms with Crippen molar-refractivity contribution in [3.05, 3.63) is 35.4 Å². The van der Waals surface area contributed by atoms with Crippen LogP contribution in [-0.4, -0.2) is 79.2 Å². The summed E-state index contributed by atoms with van der Waals surface area (Å²) in [5.74, 6) is 0.936. The van der Waals surface area contributed by atoms with E-state index < -0.39 is 10.0 Å². The van der Waals surface area contributed by atoms with Crippen molar-refractivity contribution < 1.29 is 13.2 Å². The van der Waals surface area contributed by atoms with Crippen molar-refractivity contribution >= 4 is 27.7 Å². The highest BCUT2D eigenvalue weighted by Gasteiger charge is 2.33. The second kappa shape index (κ2) is 9.59. The number of hydrogen-bond donors (Lipinski definition) is 0. The first-order chi connectivity index (χ1) is 14.1. The fourth-order valence-electron chi connectivity index (χ4n) is 3.99. The van der Waals surface area contributed by atoms with Crippen molar-refractivity contribution in [3.63, 3.8) is 0 Å². The number of nitrogens with zero attached hydrogens (tertiary/aromatic N) is 3. The van der Waals surface area contributed by atoms with Gasteiger partial charge in [0.1, 0.15) is 5.37 Å². The van der Waals surface area contributed by atoms with E-state index in [1.165, 1.54) is 11.1 Å². The van der Waals surface area contributed by atoms with E-state index in [-0.39, 0.29) is 22.4 Å². The van der Waals surface area contributed by atoms with Gasteiger partial charge in [0.05, 0.1) is 11.5 Å². The summed E-state index contributed by atoms with van der Waals surface area (Å²) in [7, 11) is -3.12. The van der Waals surface area contributed by atoms with E-state index in [0.717, 1.165) is 19.6 Å². The Balaban J connectivity index is 1.56. The van der Waals surface area contributed by atoms with E-state index in [1.807, 2.05) is 11.8 Å². The van der Waals surface area contributed by atoms with E-state index in [1.54, 1.807) is 16.1 Å². The number of carbonyl (C=O) groups is 1. The molecule has 6 nitrogen and oxygen atoms in total. The number of rotatable bonds is 7. The Morgan fingerprint density at radius 1 is 1.03 bits per heavy atom. The zero-order valence-electron chi connectivity index (χ0n) is 18.6. The van der Waals surface area contributed by atoms with Gasteiger partial charge in [-0.1, -0.05) is 52.0 Å². The van der Waals surface area contributed by atoms with Gasteiger partial charge >= 0.3 is 0 Å². The lowest BCUT2D eigenvalue weighted by Crippen LogP contribution is -2.50. The van der Waals surface area contributed by atoms with E-state index in [2.05, 4.69) is 49.9 Å². The van der Waals surface area contributed by atoms with Crippen LogP contribution in [0.15, 0.2) is 24.3 Å². The summed E-state index contributed by atoms with van der Waals surface area (Å²) < 4.78 is 26.1. The summed E-state index contributed by atoms with van der Waals surface area (Å²) in [6, 6.07) is 8.65. The molecule has 1 amide bonds. The smallest absolute Gasteiger partial charge is 0.233 e. The Morgan fingerprint density at radius 2 is 1.67 bits per heavy atom. The van der Waals surface area contributed by atoms with Crippen LogP contribution in [0.3, 0.4) is 0 Å².